The molecule has 1 aromatic heterocycles. The maximum absolute atomic E-state index is 13.6. The highest BCUT2D eigenvalue weighted by Gasteiger charge is 2.17. The number of hydrogen-bond acceptors (Lipinski definition) is 2. The van der Waals surface area contributed by atoms with Crippen molar-refractivity contribution in [3.8, 4) is 0 Å². The lowest BCUT2D eigenvalue weighted by Crippen LogP contribution is -2.13. The number of furan rings is 1. The third-order valence-electron chi connectivity index (χ3n) is 2.72. The highest BCUT2D eigenvalue weighted by atomic mass is 19.1. The van der Waals surface area contributed by atoms with Crippen molar-refractivity contribution in [2.45, 2.75) is 19.9 Å². The van der Waals surface area contributed by atoms with Crippen LogP contribution < -0.4 is 5.73 Å². The maximum atomic E-state index is 13.6. The average Bonchev–Trinajstić information content (AvgIpc) is 2.69. The van der Waals surface area contributed by atoms with Gasteiger partial charge in [0, 0.05) is 17.2 Å². The molecule has 0 aliphatic rings. The standard InChI is InChI=1S/C13H13F2NO/c1-7-3-10(12(15)5-11(7)14)13(16)9-4-8(2)17-6-9/h3-6,13H,16H2,1-2H3. The molecule has 4 heteroatoms. The Balaban J connectivity index is 2.43. The Kier molecular flexibility index (Phi) is 2.98. The minimum absolute atomic E-state index is 0.268. The molecule has 2 N–H and O–H groups in total. The summed E-state index contributed by atoms with van der Waals surface area (Å²) in [5.41, 5.74) is 7.24. The SMILES string of the molecule is Cc1cc(C(N)c2cc(C)c(F)cc2F)co1. The first-order valence-corrected chi connectivity index (χ1v) is 5.25. The number of benzene rings is 1. The van der Waals surface area contributed by atoms with Gasteiger partial charge in [0.15, 0.2) is 0 Å². The molecule has 0 bridgehead atoms. The molecule has 0 fully saturated rings. The molecule has 2 nitrogen and oxygen atoms in total. The number of rotatable bonds is 2. The van der Waals surface area contributed by atoms with Crippen molar-refractivity contribution >= 4 is 0 Å². The smallest absolute Gasteiger partial charge is 0.131 e. The number of nitrogens with two attached hydrogens (primary N) is 1. The Bertz CT molecular complexity index is 548. The first kappa shape index (κ1) is 11.8. The predicted molar refractivity (Wildman–Crippen MR) is 60.6 cm³/mol. The zero-order valence-electron chi connectivity index (χ0n) is 9.63. The average molecular weight is 237 g/mol. The number of aryl methyl sites for hydroxylation is 2. The molecule has 1 aromatic carbocycles. The molecule has 0 aliphatic heterocycles. The van der Waals surface area contributed by atoms with E-state index < -0.39 is 17.7 Å². The Morgan fingerprint density at radius 2 is 1.82 bits per heavy atom. The van der Waals surface area contributed by atoms with Crippen molar-refractivity contribution in [3.63, 3.8) is 0 Å². The summed E-state index contributed by atoms with van der Waals surface area (Å²) >= 11 is 0. The van der Waals surface area contributed by atoms with Crippen LogP contribution in [0, 0.1) is 25.5 Å². The van der Waals surface area contributed by atoms with Gasteiger partial charge in [-0.15, -0.1) is 0 Å². The van der Waals surface area contributed by atoms with Gasteiger partial charge in [0.1, 0.15) is 17.4 Å². The molecular formula is C13H13F2NO. The van der Waals surface area contributed by atoms with Crippen molar-refractivity contribution < 1.29 is 13.2 Å². The molecule has 0 saturated heterocycles. The maximum Gasteiger partial charge on any atom is 0.131 e. The van der Waals surface area contributed by atoms with Crippen LogP contribution in [0.2, 0.25) is 0 Å². The lowest BCUT2D eigenvalue weighted by molar-refractivity contribution is 0.528. The first-order chi connectivity index (χ1) is 7.99. The number of hydrogen-bond donors (Lipinski definition) is 1. The lowest BCUT2D eigenvalue weighted by atomic mass is 9.99. The summed E-state index contributed by atoms with van der Waals surface area (Å²) in [7, 11) is 0. The third kappa shape index (κ3) is 2.22. The summed E-state index contributed by atoms with van der Waals surface area (Å²) in [6.07, 6.45) is 1.48. The van der Waals surface area contributed by atoms with E-state index in [9.17, 15) is 8.78 Å². The van der Waals surface area contributed by atoms with Crippen LogP contribution in [0.5, 0.6) is 0 Å². The minimum atomic E-state index is -0.647. The molecule has 2 rings (SSSR count). The van der Waals surface area contributed by atoms with E-state index in [1.165, 1.54) is 12.3 Å². The van der Waals surface area contributed by atoms with Crippen LogP contribution >= 0.6 is 0 Å². The largest absolute Gasteiger partial charge is 0.469 e. The van der Waals surface area contributed by atoms with Gasteiger partial charge in [-0.3, -0.25) is 0 Å². The molecule has 2 aromatic rings. The topological polar surface area (TPSA) is 39.2 Å². The quantitative estimate of drug-likeness (QED) is 0.871. The van der Waals surface area contributed by atoms with E-state index >= 15 is 0 Å². The van der Waals surface area contributed by atoms with E-state index in [1.807, 2.05) is 0 Å². The zero-order valence-corrected chi connectivity index (χ0v) is 9.63. The zero-order chi connectivity index (χ0) is 12.6. The van der Waals surface area contributed by atoms with Crippen LogP contribution in [0.25, 0.3) is 0 Å². The van der Waals surface area contributed by atoms with Gasteiger partial charge in [0.2, 0.25) is 0 Å². The molecule has 1 heterocycles. The summed E-state index contributed by atoms with van der Waals surface area (Å²) in [6, 6.07) is 3.38. The molecule has 0 aliphatic carbocycles. The summed E-state index contributed by atoms with van der Waals surface area (Å²) < 4.78 is 31.9. The van der Waals surface area contributed by atoms with Gasteiger partial charge < -0.3 is 10.2 Å². The fourth-order valence-corrected chi connectivity index (χ4v) is 1.72. The molecule has 1 unspecified atom stereocenters. The van der Waals surface area contributed by atoms with Gasteiger partial charge >= 0.3 is 0 Å². The summed E-state index contributed by atoms with van der Waals surface area (Å²) in [6.45, 7) is 3.36. The Morgan fingerprint density at radius 3 is 2.41 bits per heavy atom. The second kappa shape index (κ2) is 4.30. The summed E-state index contributed by atoms with van der Waals surface area (Å²) in [5.74, 6) is -0.504. The van der Waals surface area contributed by atoms with Gasteiger partial charge in [0.05, 0.1) is 12.3 Å². The second-order valence-corrected chi connectivity index (χ2v) is 4.09. The minimum Gasteiger partial charge on any atom is -0.469 e. The van der Waals surface area contributed by atoms with Crippen molar-refractivity contribution in [3.05, 3.63) is 58.5 Å². The van der Waals surface area contributed by atoms with Gasteiger partial charge in [-0.25, -0.2) is 8.78 Å². The van der Waals surface area contributed by atoms with E-state index in [2.05, 4.69) is 0 Å². The van der Waals surface area contributed by atoms with Crippen molar-refractivity contribution in [2.75, 3.05) is 0 Å². The van der Waals surface area contributed by atoms with Crippen LogP contribution in [0.4, 0.5) is 8.78 Å². The Hall–Kier alpha value is -1.68. The van der Waals surface area contributed by atoms with Gasteiger partial charge in [-0.2, -0.15) is 0 Å². The second-order valence-electron chi connectivity index (χ2n) is 4.09. The molecule has 17 heavy (non-hydrogen) atoms. The molecule has 1 atom stereocenters. The lowest BCUT2D eigenvalue weighted by Gasteiger charge is -2.12. The highest BCUT2D eigenvalue weighted by molar-refractivity contribution is 5.34. The molecular weight excluding hydrogens is 224 g/mol. The predicted octanol–water partition coefficient (Wildman–Crippen LogP) is 3.22. The van der Waals surface area contributed by atoms with Crippen LogP contribution in [-0.4, -0.2) is 0 Å². The Labute approximate surface area is 98.0 Å². The Morgan fingerprint density at radius 1 is 1.12 bits per heavy atom. The van der Waals surface area contributed by atoms with E-state index in [-0.39, 0.29) is 5.56 Å². The van der Waals surface area contributed by atoms with E-state index in [1.54, 1.807) is 19.9 Å². The fraction of sp³-hybridized carbons (Fsp3) is 0.231. The fourth-order valence-electron chi connectivity index (χ4n) is 1.72. The van der Waals surface area contributed by atoms with Crippen LogP contribution in [-0.2, 0) is 0 Å². The van der Waals surface area contributed by atoms with Crippen LogP contribution in [0.3, 0.4) is 0 Å². The van der Waals surface area contributed by atoms with Gasteiger partial charge in [0.25, 0.3) is 0 Å². The molecule has 0 radical (unpaired) electrons. The van der Waals surface area contributed by atoms with Gasteiger partial charge in [-0.1, -0.05) is 0 Å². The summed E-state index contributed by atoms with van der Waals surface area (Å²) in [5, 5.41) is 0. The first-order valence-electron chi connectivity index (χ1n) is 5.25. The monoisotopic (exact) mass is 237 g/mol. The number of halogens is 2. The molecule has 0 amide bonds. The molecule has 0 spiro atoms. The highest BCUT2D eigenvalue weighted by Crippen LogP contribution is 2.25. The third-order valence-corrected chi connectivity index (χ3v) is 2.72. The van der Waals surface area contributed by atoms with Crippen LogP contribution in [0.15, 0.2) is 28.9 Å². The summed E-state index contributed by atoms with van der Waals surface area (Å²) in [4.78, 5) is 0. The van der Waals surface area contributed by atoms with Crippen molar-refractivity contribution in [2.24, 2.45) is 5.73 Å². The molecule has 90 valence electrons. The van der Waals surface area contributed by atoms with Crippen molar-refractivity contribution in [1.82, 2.24) is 0 Å². The van der Waals surface area contributed by atoms with Crippen LogP contribution in [0.1, 0.15) is 28.5 Å². The molecule has 0 saturated carbocycles. The normalized spacial score (nSPS) is 12.8. The van der Waals surface area contributed by atoms with Gasteiger partial charge in [-0.05, 0) is 31.5 Å². The van der Waals surface area contributed by atoms with E-state index in [0.717, 1.165) is 6.07 Å². The van der Waals surface area contributed by atoms with E-state index in [4.69, 9.17) is 10.2 Å². The van der Waals surface area contributed by atoms with Crippen molar-refractivity contribution in [1.29, 1.82) is 0 Å². The van der Waals surface area contributed by atoms with E-state index in [0.29, 0.717) is 16.9 Å².